The SMILES string of the molecule is [C-]#[N+]C1OC(=O)OC1C1CCCCC1. The number of carbonyl (C=O) groups is 1. The first kappa shape index (κ1) is 9.32. The van der Waals surface area contributed by atoms with Gasteiger partial charge in [-0.05, 0) is 12.8 Å². The quantitative estimate of drug-likeness (QED) is 0.476. The lowest BCUT2D eigenvalue weighted by Crippen LogP contribution is -2.30. The van der Waals surface area contributed by atoms with Gasteiger partial charge in [0, 0.05) is 5.92 Å². The minimum atomic E-state index is -0.703. The van der Waals surface area contributed by atoms with Crippen molar-refractivity contribution in [1.82, 2.24) is 0 Å². The summed E-state index contributed by atoms with van der Waals surface area (Å²) >= 11 is 0. The average Bonchev–Trinajstić information content (AvgIpc) is 2.61. The van der Waals surface area contributed by atoms with Gasteiger partial charge < -0.3 is 9.47 Å². The topological polar surface area (TPSA) is 39.9 Å². The Labute approximate surface area is 83.0 Å². The predicted molar refractivity (Wildman–Crippen MR) is 48.3 cm³/mol. The number of hydrogen-bond donors (Lipinski definition) is 0. The van der Waals surface area contributed by atoms with E-state index >= 15 is 0 Å². The average molecular weight is 195 g/mol. The molecule has 0 bridgehead atoms. The molecule has 0 amide bonds. The maximum absolute atomic E-state index is 10.9. The maximum Gasteiger partial charge on any atom is 0.514 e. The Balaban J connectivity index is 2.01. The van der Waals surface area contributed by atoms with Crippen molar-refractivity contribution in [2.24, 2.45) is 5.92 Å². The molecule has 0 spiro atoms. The van der Waals surface area contributed by atoms with Gasteiger partial charge in [0.2, 0.25) is 6.10 Å². The molecule has 4 nitrogen and oxygen atoms in total. The van der Waals surface area contributed by atoms with Gasteiger partial charge in [0.1, 0.15) is 0 Å². The molecule has 1 saturated heterocycles. The lowest BCUT2D eigenvalue weighted by atomic mass is 9.85. The van der Waals surface area contributed by atoms with Crippen LogP contribution in [0.2, 0.25) is 0 Å². The summed E-state index contributed by atoms with van der Waals surface area (Å²) in [6.07, 6.45) is 3.99. The molecule has 2 fully saturated rings. The van der Waals surface area contributed by atoms with Crippen molar-refractivity contribution in [3.63, 3.8) is 0 Å². The van der Waals surface area contributed by atoms with Crippen LogP contribution < -0.4 is 0 Å². The van der Waals surface area contributed by atoms with Gasteiger partial charge in [-0.2, -0.15) is 0 Å². The van der Waals surface area contributed by atoms with Crippen LogP contribution in [0.4, 0.5) is 4.79 Å². The summed E-state index contributed by atoms with van der Waals surface area (Å²) in [6.45, 7) is 6.91. The summed E-state index contributed by atoms with van der Waals surface area (Å²) in [6, 6.07) is 0. The second-order valence-electron chi connectivity index (χ2n) is 3.87. The third-order valence-electron chi connectivity index (χ3n) is 2.97. The highest BCUT2D eigenvalue weighted by Crippen LogP contribution is 2.33. The fraction of sp³-hybridized carbons (Fsp3) is 0.800. The zero-order valence-corrected chi connectivity index (χ0v) is 7.94. The Kier molecular flexibility index (Phi) is 2.58. The van der Waals surface area contributed by atoms with E-state index in [9.17, 15) is 4.79 Å². The van der Waals surface area contributed by atoms with E-state index in [0.717, 1.165) is 12.8 Å². The van der Waals surface area contributed by atoms with Crippen molar-refractivity contribution in [2.75, 3.05) is 0 Å². The highest BCUT2D eigenvalue weighted by molar-refractivity contribution is 5.62. The van der Waals surface area contributed by atoms with Gasteiger partial charge in [0.05, 0.1) is 0 Å². The van der Waals surface area contributed by atoms with Gasteiger partial charge >= 0.3 is 12.4 Å². The van der Waals surface area contributed by atoms with Crippen LogP contribution in [0.25, 0.3) is 4.85 Å². The number of hydrogen-bond acceptors (Lipinski definition) is 3. The first-order valence-electron chi connectivity index (χ1n) is 5.05. The Morgan fingerprint density at radius 3 is 2.57 bits per heavy atom. The van der Waals surface area contributed by atoms with Crippen molar-refractivity contribution in [3.8, 4) is 0 Å². The Morgan fingerprint density at radius 1 is 1.21 bits per heavy atom. The molecule has 14 heavy (non-hydrogen) atoms. The van der Waals surface area contributed by atoms with Gasteiger partial charge in [0.25, 0.3) is 0 Å². The third kappa shape index (κ3) is 1.67. The van der Waals surface area contributed by atoms with Crippen molar-refractivity contribution >= 4 is 6.16 Å². The molecule has 2 unspecified atom stereocenters. The summed E-state index contributed by atoms with van der Waals surface area (Å²) in [5, 5.41) is 0. The van der Waals surface area contributed by atoms with Crippen LogP contribution in [0, 0.1) is 12.5 Å². The second-order valence-corrected chi connectivity index (χ2v) is 3.87. The molecule has 0 aromatic rings. The third-order valence-corrected chi connectivity index (χ3v) is 2.97. The van der Waals surface area contributed by atoms with Crippen LogP contribution in [-0.2, 0) is 9.47 Å². The van der Waals surface area contributed by atoms with Gasteiger partial charge in [-0.3, -0.25) is 4.85 Å². The molecule has 1 aliphatic carbocycles. The molecule has 2 atom stereocenters. The second kappa shape index (κ2) is 3.87. The van der Waals surface area contributed by atoms with E-state index in [2.05, 4.69) is 4.85 Å². The van der Waals surface area contributed by atoms with Crippen molar-refractivity contribution in [1.29, 1.82) is 0 Å². The maximum atomic E-state index is 10.9. The van der Waals surface area contributed by atoms with E-state index in [4.69, 9.17) is 16.0 Å². The van der Waals surface area contributed by atoms with E-state index in [1.807, 2.05) is 0 Å². The van der Waals surface area contributed by atoms with E-state index in [-0.39, 0.29) is 6.10 Å². The van der Waals surface area contributed by atoms with Gasteiger partial charge in [-0.15, -0.1) is 0 Å². The normalized spacial score (nSPS) is 33.2. The molecule has 76 valence electrons. The van der Waals surface area contributed by atoms with E-state index in [1.54, 1.807) is 0 Å². The van der Waals surface area contributed by atoms with E-state index in [1.165, 1.54) is 19.3 Å². The first-order valence-corrected chi connectivity index (χ1v) is 5.05. The van der Waals surface area contributed by atoms with Crippen LogP contribution in [0.5, 0.6) is 0 Å². The minimum absolute atomic E-state index is 0.319. The Bertz CT molecular complexity index is 265. The first-order chi connectivity index (χ1) is 6.81. The Hall–Kier alpha value is -1.24. The van der Waals surface area contributed by atoms with Crippen molar-refractivity contribution < 1.29 is 14.3 Å². The Morgan fingerprint density at radius 2 is 1.93 bits per heavy atom. The number of rotatable bonds is 1. The molecular weight excluding hydrogens is 182 g/mol. The monoisotopic (exact) mass is 195 g/mol. The smallest absolute Gasteiger partial charge is 0.418 e. The molecule has 0 radical (unpaired) electrons. The van der Waals surface area contributed by atoms with Crippen LogP contribution in [0.1, 0.15) is 32.1 Å². The fourth-order valence-electron chi connectivity index (χ4n) is 2.25. The molecular formula is C10H13NO3. The summed E-state index contributed by atoms with van der Waals surface area (Å²) in [5.74, 6) is 0.328. The fourth-order valence-corrected chi connectivity index (χ4v) is 2.25. The van der Waals surface area contributed by atoms with E-state index < -0.39 is 12.4 Å². The zero-order valence-electron chi connectivity index (χ0n) is 7.94. The molecule has 1 heterocycles. The van der Waals surface area contributed by atoms with Gasteiger partial charge in [0.15, 0.2) is 0 Å². The molecule has 1 aliphatic heterocycles. The van der Waals surface area contributed by atoms with Crippen LogP contribution in [0.15, 0.2) is 0 Å². The molecule has 4 heteroatoms. The highest BCUT2D eigenvalue weighted by atomic mass is 16.8. The van der Waals surface area contributed by atoms with E-state index in [0.29, 0.717) is 5.92 Å². The minimum Gasteiger partial charge on any atom is -0.418 e. The number of nitrogens with zero attached hydrogens (tertiary/aromatic N) is 1. The molecule has 2 aliphatic rings. The predicted octanol–water partition coefficient (Wildman–Crippen LogP) is 2.35. The number of ether oxygens (including phenoxy) is 2. The van der Waals surface area contributed by atoms with Gasteiger partial charge in [-0.25, -0.2) is 11.4 Å². The largest absolute Gasteiger partial charge is 0.514 e. The summed E-state index contributed by atoms with van der Waals surface area (Å²) in [4.78, 5) is 14.2. The summed E-state index contributed by atoms with van der Waals surface area (Å²) in [5.41, 5.74) is 0. The van der Waals surface area contributed by atoms with Crippen LogP contribution >= 0.6 is 0 Å². The standard InChI is InChI=1S/C10H13NO3/c1-11-9-8(13-10(12)14-9)7-5-3-2-4-6-7/h7-9H,2-6H2. The summed E-state index contributed by atoms with van der Waals surface area (Å²) < 4.78 is 9.79. The lowest BCUT2D eigenvalue weighted by molar-refractivity contribution is 0.0800. The molecule has 0 N–H and O–H groups in total. The molecule has 0 aromatic carbocycles. The highest BCUT2D eigenvalue weighted by Gasteiger charge is 2.46. The zero-order chi connectivity index (χ0) is 9.97. The van der Waals surface area contributed by atoms with Crippen molar-refractivity contribution in [2.45, 2.75) is 44.4 Å². The molecule has 0 aromatic heterocycles. The molecule has 1 saturated carbocycles. The van der Waals surface area contributed by atoms with Crippen LogP contribution in [0.3, 0.4) is 0 Å². The number of carbonyl (C=O) groups excluding carboxylic acids is 1. The van der Waals surface area contributed by atoms with Crippen LogP contribution in [-0.4, -0.2) is 18.5 Å². The number of cyclic esters (lactones) is 2. The van der Waals surface area contributed by atoms with Gasteiger partial charge in [-0.1, -0.05) is 19.3 Å². The van der Waals surface area contributed by atoms with Crippen molar-refractivity contribution in [3.05, 3.63) is 11.4 Å². The summed E-state index contributed by atoms with van der Waals surface area (Å²) in [7, 11) is 0. The molecule has 2 rings (SSSR count). The lowest BCUT2D eigenvalue weighted by Gasteiger charge is -2.23.